The molecule has 0 saturated heterocycles. The maximum absolute atomic E-state index is 6.18. The zero-order valence-electron chi connectivity index (χ0n) is 12.2. The first-order valence-electron chi connectivity index (χ1n) is 7.94. The number of benzene rings is 2. The van der Waals surface area contributed by atoms with Crippen LogP contribution in [0.2, 0.25) is 0 Å². The Morgan fingerprint density at radius 1 is 0.857 bits per heavy atom. The summed E-state index contributed by atoms with van der Waals surface area (Å²) in [4.78, 5) is 0. The minimum Gasteiger partial charge on any atom is -0.461 e. The molecule has 0 aromatic heterocycles. The molecule has 106 valence electrons. The van der Waals surface area contributed by atoms with Crippen molar-refractivity contribution in [3.63, 3.8) is 0 Å². The molecule has 4 rings (SSSR count). The van der Waals surface area contributed by atoms with Crippen LogP contribution < -0.4 is 4.74 Å². The second-order valence-electron chi connectivity index (χ2n) is 6.04. The third-order valence-electron chi connectivity index (χ3n) is 4.69. The van der Waals surface area contributed by atoms with Gasteiger partial charge in [-0.15, -0.1) is 0 Å². The molecule has 1 heteroatoms. The third kappa shape index (κ3) is 2.37. The lowest BCUT2D eigenvalue weighted by Gasteiger charge is -2.33. The van der Waals surface area contributed by atoms with E-state index in [0.717, 1.165) is 18.6 Å². The highest BCUT2D eigenvalue weighted by molar-refractivity contribution is 5.47. The molecular weight excluding hydrogens is 256 g/mol. The molecule has 1 aliphatic carbocycles. The van der Waals surface area contributed by atoms with Crippen LogP contribution in [-0.2, 0) is 6.42 Å². The minimum atomic E-state index is 0.493. The predicted molar refractivity (Wildman–Crippen MR) is 85.5 cm³/mol. The fourth-order valence-electron chi connectivity index (χ4n) is 3.65. The molecule has 0 N–H and O–H groups in total. The molecule has 1 nitrogen and oxygen atoms in total. The van der Waals surface area contributed by atoms with Gasteiger partial charge < -0.3 is 4.74 Å². The highest BCUT2D eigenvalue weighted by atomic mass is 16.5. The molecule has 1 aliphatic heterocycles. The molecule has 0 radical (unpaired) electrons. The monoisotopic (exact) mass is 276 g/mol. The predicted octanol–water partition coefficient (Wildman–Crippen LogP) is 5.23. The Morgan fingerprint density at radius 3 is 2.52 bits per heavy atom. The average Bonchev–Trinajstić information content (AvgIpc) is 2.55. The summed E-state index contributed by atoms with van der Waals surface area (Å²) in [6.07, 6.45) is 5.95. The molecule has 0 amide bonds. The lowest BCUT2D eigenvalue weighted by Crippen LogP contribution is -2.20. The van der Waals surface area contributed by atoms with Crippen molar-refractivity contribution >= 4 is 0 Å². The van der Waals surface area contributed by atoms with Gasteiger partial charge in [0.15, 0.2) is 0 Å². The molecular formula is C20H20O. The van der Waals surface area contributed by atoms with Crippen molar-refractivity contribution in [2.75, 3.05) is 0 Å². The number of fused-ring (bicyclic) bond motifs is 1. The summed E-state index contributed by atoms with van der Waals surface area (Å²) in [5.41, 5.74) is 4.32. The van der Waals surface area contributed by atoms with Crippen LogP contribution >= 0.6 is 0 Å². The Balaban J connectivity index is 1.76. The highest BCUT2D eigenvalue weighted by Gasteiger charge is 2.30. The number of hydrogen-bond donors (Lipinski definition) is 0. The van der Waals surface area contributed by atoms with Gasteiger partial charge in [0, 0.05) is 17.9 Å². The van der Waals surface area contributed by atoms with E-state index in [4.69, 9.17) is 4.74 Å². The molecule has 0 bridgehead atoms. The Morgan fingerprint density at radius 2 is 1.62 bits per heavy atom. The summed E-state index contributed by atoms with van der Waals surface area (Å²) < 4.78 is 6.18. The van der Waals surface area contributed by atoms with Crippen LogP contribution in [0, 0.1) is 0 Å². The van der Waals surface area contributed by atoms with Gasteiger partial charge in [0.05, 0.1) is 0 Å². The molecule has 1 atom stereocenters. The van der Waals surface area contributed by atoms with E-state index >= 15 is 0 Å². The summed E-state index contributed by atoms with van der Waals surface area (Å²) in [5, 5.41) is 0. The topological polar surface area (TPSA) is 9.23 Å². The number of allylic oxidation sites excluding steroid dienone is 2. The number of hydrogen-bond acceptors (Lipinski definition) is 1. The summed E-state index contributed by atoms with van der Waals surface area (Å²) in [6, 6.07) is 19.4. The number of para-hydroxylation sites is 1. The fourth-order valence-corrected chi connectivity index (χ4v) is 3.65. The second kappa shape index (κ2) is 5.40. The van der Waals surface area contributed by atoms with Crippen LogP contribution in [0.4, 0.5) is 0 Å². The van der Waals surface area contributed by atoms with Crippen molar-refractivity contribution in [3.8, 4) is 5.75 Å². The minimum absolute atomic E-state index is 0.493. The van der Waals surface area contributed by atoms with Crippen LogP contribution in [0.3, 0.4) is 0 Å². The van der Waals surface area contributed by atoms with Crippen LogP contribution in [-0.4, -0.2) is 0 Å². The van der Waals surface area contributed by atoms with E-state index in [1.165, 1.54) is 36.1 Å². The Labute approximate surface area is 126 Å². The fraction of sp³-hybridized carbons (Fsp3) is 0.300. The first kappa shape index (κ1) is 12.7. The summed E-state index contributed by atoms with van der Waals surface area (Å²) in [6.45, 7) is 0. The molecule has 0 saturated carbocycles. The second-order valence-corrected chi connectivity index (χ2v) is 6.04. The quantitative estimate of drug-likeness (QED) is 0.729. The molecule has 2 aromatic carbocycles. The van der Waals surface area contributed by atoms with E-state index < -0.39 is 0 Å². The van der Waals surface area contributed by atoms with E-state index in [2.05, 4.69) is 54.6 Å². The van der Waals surface area contributed by atoms with E-state index in [1.807, 2.05) is 0 Å². The Kier molecular flexibility index (Phi) is 3.27. The smallest absolute Gasteiger partial charge is 0.130 e. The van der Waals surface area contributed by atoms with Gasteiger partial charge in [-0.25, -0.2) is 0 Å². The van der Waals surface area contributed by atoms with Gasteiger partial charge in [-0.3, -0.25) is 0 Å². The number of rotatable bonds is 2. The van der Waals surface area contributed by atoms with Gasteiger partial charge in [0.2, 0.25) is 0 Å². The van der Waals surface area contributed by atoms with Gasteiger partial charge in [-0.2, -0.15) is 0 Å². The largest absolute Gasteiger partial charge is 0.461 e. The molecule has 0 spiro atoms. The van der Waals surface area contributed by atoms with Crippen LogP contribution in [0.1, 0.15) is 42.7 Å². The molecule has 2 aliphatic rings. The van der Waals surface area contributed by atoms with Crippen LogP contribution in [0.15, 0.2) is 65.9 Å². The molecule has 1 heterocycles. The van der Waals surface area contributed by atoms with Gasteiger partial charge in [-0.1, -0.05) is 48.5 Å². The van der Waals surface area contributed by atoms with Crippen LogP contribution in [0.25, 0.3) is 0 Å². The van der Waals surface area contributed by atoms with Crippen molar-refractivity contribution in [2.24, 2.45) is 0 Å². The van der Waals surface area contributed by atoms with Gasteiger partial charge >= 0.3 is 0 Å². The third-order valence-corrected chi connectivity index (χ3v) is 4.69. The first-order valence-corrected chi connectivity index (χ1v) is 7.94. The zero-order valence-corrected chi connectivity index (χ0v) is 12.2. The highest BCUT2D eigenvalue weighted by Crippen LogP contribution is 2.45. The maximum Gasteiger partial charge on any atom is 0.130 e. The SMILES string of the molecule is c1ccc(C[C@@H]2C3=C(CCCC3)Oc3ccccc32)cc1. The van der Waals surface area contributed by atoms with Crippen molar-refractivity contribution in [2.45, 2.75) is 38.0 Å². The van der Waals surface area contributed by atoms with Gasteiger partial charge in [0.1, 0.15) is 11.5 Å². The van der Waals surface area contributed by atoms with Gasteiger partial charge in [0.25, 0.3) is 0 Å². The maximum atomic E-state index is 6.18. The summed E-state index contributed by atoms with van der Waals surface area (Å²) in [5.74, 6) is 2.81. The van der Waals surface area contributed by atoms with E-state index in [-0.39, 0.29) is 0 Å². The van der Waals surface area contributed by atoms with E-state index in [0.29, 0.717) is 5.92 Å². The van der Waals surface area contributed by atoms with Crippen molar-refractivity contribution in [3.05, 3.63) is 77.1 Å². The normalized spacial score (nSPS) is 20.5. The lowest BCUT2D eigenvalue weighted by atomic mass is 9.78. The van der Waals surface area contributed by atoms with Crippen LogP contribution in [0.5, 0.6) is 5.75 Å². The molecule has 0 fully saturated rings. The van der Waals surface area contributed by atoms with E-state index in [9.17, 15) is 0 Å². The zero-order chi connectivity index (χ0) is 14.1. The van der Waals surface area contributed by atoms with Gasteiger partial charge in [-0.05, 0) is 42.9 Å². The molecule has 21 heavy (non-hydrogen) atoms. The van der Waals surface area contributed by atoms with Crippen molar-refractivity contribution < 1.29 is 4.74 Å². The lowest BCUT2D eigenvalue weighted by molar-refractivity contribution is 0.343. The van der Waals surface area contributed by atoms with Crippen molar-refractivity contribution in [1.82, 2.24) is 0 Å². The first-order chi connectivity index (χ1) is 10.4. The standard InChI is InChI=1S/C20H20O/c1-2-8-15(9-3-1)14-18-16-10-4-6-12-19(16)21-20-13-7-5-11-17(18)20/h1-4,6,8-10,12,18H,5,7,11,13-14H2/t18-/m0/s1. The number of ether oxygens (including phenoxy) is 1. The average molecular weight is 276 g/mol. The summed E-state index contributed by atoms with van der Waals surface area (Å²) in [7, 11) is 0. The Hall–Kier alpha value is -2.02. The van der Waals surface area contributed by atoms with Crippen molar-refractivity contribution in [1.29, 1.82) is 0 Å². The molecule has 2 aromatic rings. The van der Waals surface area contributed by atoms with E-state index in [1.54, 1.807) is 5.57 Å². The molecule has 0 unspecified atom stereocenters. The Bertz CT molecular complexity index is 669. The summed E-state index contributed by atoms with van der Waals surface area (Å²) >= 11 is 0.